The summed E-state index contributed by atoms with van der Waals surface area (Å²) in [6, 6.07) is 10.4. The van der Waals surface area contributed by atoms with Crippen molar-refractivity contribution < 1.29 is 4.79 Å². The lowest BCUT2D eigenvalue weighted by atomic mass is 10.1. The van der Waals surface area contributed by atoms with Crippen LogP contribution in [0.1, 0.15) is 31.0 Å². The fourth-order valence-corrected chi connectivity index (χ4v) is 3.82. The molecule has 4 nitrogen and oxygen atoms in total. The Morgan fingerprint density at radius 1 is 1.29 bits per heavy atom. The molecule has 2 heterocycles. The molecule has 1 saturated carbocycles. The average molecular weight is 285 g/mol. The smallest absolute Gasteiger partial charge is 0.244 e. The van der Waals surface area contributed by atoms with Crippen molar-refractivity contribution in [2.45, 2.75) is 31.0 Å². The van der Waals surface area contributed by atoms with E-state index in [1.54, 1.807) is 0 Å². The van der Waals surface area contributed by atoms with Gasteiger partial charge in [-0.25, -0.2) is 0 Å². The number of rotatable bonds is 3. The third-order valence-electron chi connectivity index (χ3n) is 5.20. The normalized spacial score (nSPS) is 31.3. The molecule has 1 N–H and O–H groups in total. The van der Waals surface area contributed by atoms with Crippen LogP contribution in [0, 0.1) is 5.92 Å². The highest BCUT2D eigenvalue weighted by Crippen LogP contribution is 2.46. The van der Waals surface area contributed by atoms with Gasteiger partial charge in [-0.05, 0) is 44.3 Å². The summed E-state index contributed by atoms with van der Waals surface area (Å²) in [5.41, 5.74) is 0.978. The second kappa shape index (κ2) is 4.82. The second-order valence-corrected chi connectivity index (χ2v) is 6.91. The van der Waals surface area contributed by atoms with Gasteiger partial charge in [0.15, 0.2) is 0 Å². The van der Waals surface area contributed by atoms with E-state index < -0.39 is 0 Å². The summed E-state index contributed by atoms with van der Waals surface area (Å²) in [5.74, 6) is 0.937. The third-order valence-corrected chi connectivity index (χ3v) is 5.20. The number of likely N-dealkylation sites (tertiary alicyclic amines) is 1. The molecule has 0 aromatic heterocycles. The molecule has 0 radical (unpaired) electrons. The zero-order valence-electron chi connectivity index (χ0n) is 12.6. The first-order valence-corrected chi connectivity index (χ1v) is 8.00. The first kappa shape index (κ1) is 13.3. The van der Waals surface area contributed by atoms with Crippen molar-refractivity contribution in [1.82, 2.24) is 15.1 Å². The molecule has 2 atom stereocenters. The molecule has 2 unspecified atom stereocenters. The molecule has 21 heavy (non-hydrogen) atoms. The van der Waals surface area contributed by atoms with E-state index in [0.717, 1.165) is 32.5 Å². The molecule has 1 aromatic rings. The summed E-state index contributed by atoms with van der Waals surface area (Å²) < 4.78 is 0. The number of carbonyl (C=O) groups is 1. The fourth-order valence-electron chi connectivity index (χ4n) is 3.82. The Balaban J connectivity index is 1.57. The van der Waals surface area contributed by atoms with Crippen LogP contribution < -0.4 is 5.32 Å². The van der Waals surface area contributed by atoms with Crippen LogP contribution in [-0.2, 0) is 4.79 Å². The third kappa shape index (κ3) is 2.27. The second-order valence-electron chi connectivity index (χ2n) is 6.91. The summed E-state index contributed by atoms with van der Waals surface area (Å²) in [6.07, 6.45) is 3.26. The number of hydrogen-bond donors (Lipinski definition) is 1. The number of nitrogens with zero attached hydrogens (tertiary/aromatic N) is 2. The molecule has 2 aliphatic heterocycles. The Morgan fingerprint density at radius 2 is 2.05 bits per heavy atom. The Kier molecular flexibility index (Phi) is 3.05. The minimum atomic E-state index is -0.231. The van der Waals surface area contributed by atoms with Crippen LogP contribution in [0.4, 0.5) is 0 Å². The highest BCUT2D eigenvalue weighted by Gasteiger charge is 2.59. The SMILES string of the molecule is CN1CCC(CN2C(=O)C3(CC3)NC2c2ccccc2)C1. The van der Waals surface area contributed by atoms with Crippen LogP contribution in [-0.4, -0.2) is 47.9 Å². The van der Waals surface area contributed by atoms with E-state index in [0.29, 0.717) is 11.8 Å². The molecule has 2 saturated heterocycles. The summed E-state index contributed by atoms with van der Waals surface area (Å²) in [4.78, 5) is 17.3. The highest BCUT2D eigenvalue weighted by molar-refractivity contribution is 5.92. The van der Waals surface area contributed by atoms with Crippen LogP contribution in [0.5, 0.6) is 0 Å². The zero-order valence-corrected chi connectivity index (χ0v) is 12.6. The Bertz CT molecular complexity index is 540. The molecule has 3 aliphatic rings. The lowest BCUT2D eigenvalue weighted by Gasteiger charge is -2.27. The number of hydrogen-bond acceptors (Lipinski definition) is 3. The predicted molar refractivity (Wildman–Crippen MR) is 81.6 cm³/mol. The Hall–Kier alpha value is -1.39. The highest BCUT2D eigenvalue weighted by atomic mass is 16.2. The van der Waals surface area contributed by atoms with Gasteiger partial charge in [-0.3, -0.25) is 10.1 Å². The van der Waals surface area contributed by atoms with Gasteiger partial charge >= 0.3 is 0 Å². The molecule has 1 aromatic carbocycles. The standard InChI is InChI=1S/C17H23N3O/c1-19-10-7-13(11-19)12-20-15(14-5-3-2-4-6-14)18-17(8-9-17)16(20)21/h2-6,13,15,18H,7-12H2,1H3. The maximum atomic E-state index is 12.8. The molecule has 112 valence electrons. The van der Waals surface area contributed by atoms with Gasteiger partial charge in [0.2, 0.25) is 5.91 Å². The first-order chi connectivity index (χ1) is 10.2. The van der Waals surface area contributed by atoms with E-state index in [1.807, 2.05) is 6.07 Å². The van der Waals surface area contributed by atoms with E-state index in [4.69, 9.17) is 0 Å². The monoisotopic (exact) mass is 285 g/mol. The first-order valence-electron chi connectivity index (χ1n) is 8.00. The van der Waals surface area contributed by atoms with Crippen LogP contribution in [0.25, 0.3) is 0 Å². The van der Waals surface area contributed by atoms with Crippen LogP contribution >= 0.6 is 0 Å². The van der Waals surface area contributed by atoms with Gasteiger partial charge in [0, 0.05) is 13.1 Å². The molecule has 4 heteroatoms. The van der Waals surface area contributed by atoms with Crippen molar-refractivity contribution in [3.63, 3.8) is 0 Å². The minimum absolute atomic E-state index is 0.0621. The van der Waals surface area contributed by atoms with Crippen molar-refractivity contribution >= 4 is 5.91 Å². The Labute approximate surface area is 126 Å². The number of benzene rings is 1. The molecule has 4 rings (SSSR count). The van der Waals surface area contributed by atoms with E-state index in [-0.39, 0.29) is 11.7 Å². The summed E-state index contributed by atoms with van der Waals surface area (Å²) in [5, 5.41) is 3.61. The molecule has 1 amide bonds. The number of amides is 1. The summed E-state index contributed by atoms with van der Waals surface area (Å²) in [7, 11) is 2.17. The van der Waals surface area contributed by atoms with Crippen LogP contribution in [0.2, 0.25) is 0 Å². The molecule has 1 aliphatic carbocycles. The molecule has 1 spiro atoms. The van der Waals surface area contributed by atoms with E-state index in [2.05, 4.69) is 46.4 Å². The Morgan fingerprint density at radius 3 is 2.67 bits per heavy atom. The van der Waals surface area contributed by atoms with Gasteiger partial charge in [0.05, 0.1) is 0 Å². The molecule has 3 fully saturated rings. The van der Waals surface area contributed by atoms with Crippen molar-refractivity contribution in [1.29, 1.82) is 0 Å². The van der Waals surface area contributed by atoms with E-state index in [1.165, 1.54) is 12.0 Å². The fraction of sp³-hybridized carbons (Fsp3) is 0.588. The summed E-state index contributed by atoms with van der Waals surface area (Å²) >= 11 is 0. The van der Waals surface area contributed by atoms with Crippen molar-refractivity contribution in [2.24, 2.45) is 5.92 Å². The topological polar surface area (TPSA) is 35.6 Å². The number of nitrogens with one attached hydrogen (secondary N) is 1. The molecular weight excluding hydrogens is 262 g/mol. The zero-order chi connectivity index (χ0) is 14.4. The van der Waals surface area contributed by atoms with E-state index >= 15 is 0 Å². The van der Waals surface area contributed by atoms with Gasteiger partial charge < -0.3 is 9.80 Å². The predicted octanol–water partition coefficient (Wildman–Crippen LogP) is 1.60. The lowest BCUT2D eigenvalue weighted by Crippen LogP contribution is -2.36. The van der Waals surface area contributed by atoms with Crippen LogP contribution in [0.3, 0.4) is 0 Å². The maximum Gasteiger partial charge on any atom is 0.244 e. The van der Waals surface area contributed by atoms with Gasteiger partial charge in [-0.2, -0.15) is 0 Å². The molecular formula is C17H23N3O. The largest absolute Gasteiger partial charge is 0.321 e. The van der Waals surface area contributed by atoms with Crippen molar-refractivity contribution in [3.8, 4) is 0 Å². The lowest BCUT2D eigenvalue weighted by molar-refractivity contribution is -0.131. The quantitative estimate of drug-likeness (QED) is 0.916. The van der Waals surface area contributed by atoms with Gasteiger partial charge in [0.1, 0.15) is 11.7 Å². The molecule has 0 bridgehead atoms. The average Bonchev–Trinajstić information content (AvgIpc) is 3.10. The van der Waals surface area contributed by atoms with E-state index in [9.17, 15) is 4.79 Å². The summed E-state index contributed by atoms with van der Waals surface area (Å²) in [6.45, 7) is 3.15. The van der Waals surface area contributed by atoms with Crippen molar-refractivity contribution in [3.05, 3.63) is 35.9 Å². The number of carbonyl (C=O) groups excluding carboxylic acids is 1. The van der Waals surface area contributed by atoms with Crippen LogP contribution in [0.15, 0.2) is 30.3 Å². The maximum absolute atomic E-state index is 12.8. The van der Waals surface area contributed by atoms with Gasteiger partial charge in [-0.1, -0.05) is 30.3 Å². The van der Waals surface area contributed by atoms with Gasteiger partial charge in [-0.15, -0.1) is 0 Å². The van der Waals surface area contributed by atoms with Gasteiger partial charge in [0.25, 0.3) is 0 Å². The van der Waals surface area contributed by atoms with Crippen molar-refractivity contribution in [2.75, 3.05) is 26.7 Å². The minimum Gasteiger partial charge on any atom is -0.321 e.